The molecule has 0 atom stereocenters. The highest BCUT2D eigenvalue weighted by molar-refractivity contribution is 5.97. The molecule has 2 amide bonds. The first kappa shape index (κ1) is 19.7. The van der Waals surface area contributed by atoms with Crippen LogP contribution in [0.5, 0.6) is 0 Å². The summed E-state index contributed by atoms with van der Waals surface area (Å²) in [7, 11) is 0. The van der Waals surface area contributed by atoms with E-state index in [2.05, 4.69) is 0 Å². The maximum absolute atomic E-state index is 12.7. The molecule has 3 rings (SSSR count). The molecule has 1 heterocycles. The summed E-state index contributed by atoms with van der Waals surface area (Å²) in [5.74, 6) is -0.493. The number of hydrogen-bond donors (Lipinski definition) is 1. The number of anilines is 1. The Bertz CT molecular complexity index is 887. The van der Waals surface area contributed by atoms with E-state index in [1.807, 2.05) is 6.92 Å². The molecule has 0 aliphatic carbocycles. The third kappa shape index (κ3) is 4.11. The van der Waals surface area contributed by atoms with E-state index in [4.69, 9.17) is 5.73 Å². The number of piperazine rings is 1. The van der Waals surface area contributed by atoms with Gasteiger partial charge in [0.1, 0.15) is 0 Å². The number of aryl methyl sites for hydroxylation is 1. The molecule has 0 saturated carbocycles. The van der Waals surface area contributed by atoms with Crippen LogP contribution in [0.4, 0.5) is 18.9 Å². The molecule has 8 heteroatoms. The van der Waals surface area contributed by atoms with Crippen LogP contribution in [-0.2, 0) is 6.18 Å². The minimum Gasteiger partial charge on any atom is -0.399 e. The molecule has 1 saturated heterocycles. The molecule has 2 aromatic carbocycles. The first-order chi connectivity index (χ1) is 13.2. The minimum absolute atomic E-state index is 0.147. The van der Waals surface area contributed by atoms with Crippen LogP contribution in [0.3, 0.4) is 0 Å². The first-order valence-electron chi connectivity index (χ1n) is 8.79. The molecular weight excluding hydrogens is 371 g/mol. The van der Waals surface area contributed by atoms with Crippen LogP contribution in [0, 0.1) is 6.92 Å². The summed E-state index contributed by atoms with van der Waals surface area (Å²) < 4.78 is 37.9. The zero-order valence-electron chi connectivity index (χ0n) is 15.3. The molecule has 0 radical (unpaired) electrons. The van der Waals surface area contributed by atoms with Crippen LogP contribution in [-0.4, -0.2) is 47.8 Å². The van der Waals surface area contributed by atoms with Gasteiger partial charge in [0.15, 0.2) is 0 Å². The highest BCUT2D eigenvalue weighted by Crippen LogP contribution is 2.29. The number of rotatable bonds is 2. The van der Waals surface area contributed by atoms with Crippen LogP contribution in [0.15, 0.2) is 42.5 Å². The van der Waals surface area contributed by atoms with Gasteiger partial charge in [-0.1, -0.05) is 6.07 Å². The Morgan fingerprint density at radius 1 is 0.893 bits per heavy atom. The van der Waals surface area contributed by atoms with Crippen LogP contribution in [0.25, 0.3) is 0 Å². The van der Waals surface area contributed by atoms with Crippen LogP contribution in [0.1, 0.15) is 31.8 Å². The van der Waals surface area contributed by atoms with Gasteiger partial charge in [0, 0.05) is 43.0 Å². The number of alkyl halides is 3. The monoisotopic (exact) mass is 391 g/mol. The number of nitrogens with zero attached hydrogens (tertiary/aromatic N) is 2. The second kappa shape index (κ2) is 7.53. The average Bonchev–Trinajstić information content (AvgIpc) is 2.68. The van der Waals surface area contributed by atoms with E-state index < -0.39 is 11.7 Å². The summed E-state index contributed by atoms with van der Waals surface area (Å²) in [5, 5.41) is 0. The molecule has 2 N–H and O–H groups in total. The van der Waals surface area contributed by atoms with E-state index in [1.165, 1.54) is 12.1 Å². The second-order valence-corrected chi connectivity index (χ2v) is 6.73. The van der Waals surface area contributed by atoms with E-state index in [0.717, 1.165) is 17.7 Å². The number of halogens is 3. The van der Waals surface area contributed by atoms with Crippen molar-refractivity contribution in [2.45, 2.75) is 13.1 Å². The van der Waals surface area contributed by atoms with Crippen molar-refractivity contribution in [3.8, 4) is 0 Å². The number of carbonyl (C=O) groups is 2. The fourth-order valence-electron chi connectivity index (χ4n) is 3.14. The molecule has 0 spiro atoms. The third-order valence-electron chi connectivity index (χ3n) is 4.81. The van der Waals surface area contributed by atoms with E-state index in [0.29, 0.717) is 37.4 Å². The second-order valence-electron chi connectivity index (χ2n) is 6.73. The maximum atomic E-state index is 12.7. The van der Waals surface area contributed by atoms with Gasteiger partial charge in [-0.3, -0.25) is 9.59 Å². The molecule has 0 aromatic heterocycles. The molecule has 1 aliphatic heterocycles. The predicted octanol–water partition coefficient (Wildman–Crippen LogP) is 3.19. The standard InChI is InChI=1S/C20H20F3N3O2/c1-13-2-7-16(24)12-17(13)19(28)26-10-8-25(9-11-26)18(27)14-3-5-15(6-4-14)20(21,22)23/h2-7,12H,8-11,24H2,1H3. The van der Waals surface area contributed by atoms with Crippen molar-refractivity contribution in [3.05, 3.63) is 64.7 Å². The summed E-state index contributed by atoms with van der Waals surface area (Å²) in [6, 6.07) is 9.31. The number of amides is 2. The maximum Gasteiger partial charge on any atom is 0.416 e. The number of nitrogens with two attached hydrogens (primary N) is 1. The van der Waals surface area contributed by atoms with Gasteiger partial charge in [0.25, 0.3) is 11.8 Å². The van der Waals surface area contributed by atoms with E-state index >= 15 is 0 Å². The Hall–Kier alpha value is -3.03. The van der Waals surface area contributed by atoms with Crippen molar-refractivity contribution in [2.75, 3.05) is 31.9 Å². The van der Waals surface area contributed by atoms with Crippen molar-refractivity contribution in [1.29, 1.82) is 0 Å². The van der Waals surface area contributed by atoms with Crippen LogP contribution in [0.2, 0.25) is 0 Å². The Morgan fingerprint density at radius 2 is 1.43 bits per heavy atom. The van der Waals surface area contributed by atoms with Gasteiger partial charge in [-0.2, -0.15) is 13.2 Å². The summed E-state index contributed by atoms with van der Waals surface area (Å²) in [6.07, 6.45) is -4.44. The highest BCUT2D eigenvalue weighted by atomic mass is 19.4. The molecular formula is C20H20F3N3O2. The number of carbonyl (C=O) groups excluding carboxylic acids is 2. The Labute approximate surface area is 160 Å². The van der Waals surface area contributed by atoms with Gasteiger partial charge in [0.05, 0.1) is 5.56 Å². The lowest BCUT2D eigenvalue weighted by atomic mass is 10.1. The Morgan fingerprint density at radius 3 is 1.96 bits per heavy atom. The average molecular weight is 391 g/mol. The van der Waals surface area contributed by atoms with E-state index in [1.54, 1.807) is 28.0 Å². The summed E-state index contributed by atoms with van der Waals surface area (Å²) in [4.78, 5) is 28.4. The molecule has 0 unspecified atom stereocenters. The summed E-state index contributed by atoms with van der Waals surface area (Å²) >= 11 is 0. The van der Waals surface area contributed by atoms with Crippen LogP contribution >= 0.6 is 0 Å². The van der Waals surface area contributed by atoms with Crippen molar-refractivity contribution < 1.29 is 22.8 Å². The van der Waals surface area contributed by atoms with Gasteiger partial charge in [0.2, 0.25) is 0 Å². The lowest BCUT2D eigenvalue weighted by molar-refractivity contribution is -0.137. The predicted molar refractivity (Wildman–Crippen MR) is 98.8 cm³/mol. The molecule has 2 aromatic rings. The summed E-state index contributed by atoms with van der Waals surface area (Å²) in [6.45, 7) is 3.15. The SMILES string of the molecule is Cc1ccc(N)cc1C(=O)N1CCN(C(=O)c2ccc(C(F)(F)F)cc2)CC1. The molecule has 1 aliphatic rings. The van der Waals surface area contributed by atoms with E-state index in [-0.39, 0.29) is 17.4 Å². The normalized spacial score (nSPS) is 14.9. The molecule has 1 fully saturated rings. The Kier molecular flexibility index (Phi) is 5.31. The van der Waals surface area contributed by atoms with Crippen molar-refractivity contribution in [2.24, 2.45) is 0 Å². The lowest BCUT2D eigenvalue weighted by Crippen LogP contribution is -2.50. The smallest absolute Gasteiger partial charge is 0.399 e. The van der Waals surface area contributed by atoms with E-state index in [9.17, 15) is 22.8 Å². The zero-order chi connectivity index (χ0) is 20.5. The van der Waals surface area contributed by atoms with Crippen LogP contribution < -0.4 is 5.73 Å². The van der Waals surface area contributed by atoms with Gasteiger partial charge in [-0.15, -0.1) is 0 Å². The molecule has 148 valence electrons. The summed E-state index contributed by atoms with van der Waals surface area (Å²) in [5.41, 5.74) is 7.02. The quantitative estimate of drug-likeness (QED) is 0.800. The lowest BCUT2D eigenvalue weighted by Gasteiger charge is -2.35. The zero-order valence-corrected chi connectivity index (χ0v) is 15.3. The third-order valence-corrected chi connectivity index (χ3v) is 4.81. The first-order valence-corrected chi connectivity index (χ1v) is 8.79. The topological polar surface area (TPSA) is 66.6 Å². The Balaban J connectivity index is 1.64. The molecule has 0 bridgehead atoms. The van der Waals surface area contributed by atoms with Gasteiger partial charge in [-0.25, -0.2) is 0 Å². The molecule has 28 heavy (non-hydrogen) atoms. The van der Waals surface area contributed by atoms with Crippen molar-refractivity contribution >= 4 is 17.5 Å². The largest absolute Gasteiger partial charge is 0.416 e. The molecule has 5 nitrogen and oxygen atoms in total. The number of hydrogen-bond acceptors (Lipinski definition) is 3. The fraction of sp³-hybridized carbons (Fsp3) is 0.300. The van der Waals surface area contributed by atoms with Crippen molar-refractivity contribution in [3.63, 3.8) is 0 Å². The van der Waals surface area contributed by atoms with Gasteiger partial charge < -0.3 is 15.5 Å². The van der Waals surface area contributed by atoms with Crippen molar-refractivity contribution in [1.82, 2.24) is 9.80 Å². The fourth-order valence-corrected chi connectivity index (χ4v) is 3.14. The minimum atomic E-state index is -4.44. The van der Waals surface area contributed by atoms with Gasteiger partial charge >= 0.3 is 6.18 Å². The van der Waals surface area contributed by atoms with Gasteiger partial charge in [-0.05, 0) is 48.9 Å². The highest BCUT2D eigenvalue weighted by Gasteiger charge is 2.31. The number of benzene rings is 2. The number of nitrogen functional groups attached to an aromatic ring is 1.